The van der Waals surface area contributed by atoms with E-state index in [1.807, 2.05) is 6.92 Å². The molecule has 0 saturated carbocycles. The standard InChI is InChI=1S/C4H11BO3.C2H6O/c1-2-3-4-8-5(6)7;1-2-3/h6-7H,2-4H2,1H3;3H,2H2,1H3. The fourth-order valence-corrected chi connectivity index (χ4v) is 0.333. The van der Waals surface area contributed by atoms with E-state index >= 15 is 0 Å². The van der Waals surface area contributed by atoms with E-state index in [2.05, 4.69) is 4.65 Å². The van der Waals surface area contributed by atoms with Crippen LogP contribution in [0.15, 0.2) is 0 Å². The van der Waals surface area contributed by atoms with Crippen LogP contribution in [0.5, 0.6) is 0 Å². The molecule has 68 valence electrons. The van der Waals surface area contributed by atoms with E-state index in [1.165, 1.54) is 0 Å². The number of aliphatic hydroxyl groups is 1. The van der Waals surface area contributed by atoms with Crippen LogP contribution in [0, 0.1) is 0 Å². The molecule has 0 unspecified atom stereocenters. The number of aliphatic hydroxyl groups excluding tert-OH is 1. The molecular weight excluding hydrogens is 147 g/mol. The van der Waals surface area contributed by atoms with Gasteiger partial charge in [0.25, 0.3) is 0 Å². The number of hydrogen-bond donors (Lipinski definition) is 3. The Morgan fingerprint density at radius 2 is 1.73 bits per heavy atom. The number of hydrogen-bond acceptors (Lipinski definition) is 4. The predicted molar refractivity (Wildman–Crippen MR) is 43.8 cm³/mol. The molecule has 0 aliphatic heterocycles. The maximum absolute atomic E-state index is 8.11. The first-order chi connectivity index (χ1) is 5.18. The van der Waals surface area contributed by atoms with Gasteiger partial charge in [-0.05, 0) is 13.3 Å². The average Bonchev–Trinajstić information content (AvgIpc) is 1.89. The summed E-state index contributed by atoms with van der Waals surface area (Å²) >= 11 is 0. The molecule has 0 fully saturated rings. The number of unbranched alkanes of at least 4 members (excludes halogenated alkanes) is 1. The van der Waals surface area contributed by atoms with Crippen molar-refractivity contribution in [3.8, 4) is 0 Å². The summed E-state index contributed by atoms with van der Waals surface area (Å²) in [7, 11) is -1.60. The summed E-state index contributed by atoms with van der Waals surface area (Å²) in [5.74, 6) is 0. The van der Waals surface area contributed by atoms with Crippen LogP contribution in [0.1, 0.15) is 26.7 Å². The first-order valence-electron chi connectivity index (χ1n) is 3.77. The van der Waals surface area contributed by atoms with Crippen molar-refractivity contribution in [1.29, 1.82) is 0 Å². The van der Waals surface area contributed by atoms with Gasteiger partial charge in [0.05, 0.1) is 0 Å². The summed E-state index contributed by atoms with van der Waals surface area (Å²) in [4.78, 5) is 0. The van der Waals surface area contributed by atoms with Crippen LogP contribution in [0.2, 0.25) is 0 Å². The monoisotopic (exact) mass is 164 g/mol. The van der Waals surface area contributed by atoms with Gasteiger partial charge in [-0.3, -0.25) is 0 Å². The largest absolute Gasteiger partial charge is 0.633 e. The second kappa shape index (κ2) is 12.6. The van der Waals surface area contributed by atoms with Crippen LogP contribution in [-0.2, 0) is 4.65 Å². The van der Waals surface area contributed by atoms with Gasteiger partial charge in [0, 0.05) is 13.2 Å². The highest BCUT2D eigenvalue weighted by Crippen LogP contribution is 1.86. The molecule has 0 rings (SSSR count). The van der Waals surface area contributed by atoms with E-state index in [4.69, 9.17) is 15.2 Å². The number of rotatable bonds is 4. The third-order valence-corrected chi connectivity index (χ3v) is 0.765. The van der Waals surface area contributed by atoms with Crippen LogP contribution >= 0.6 is 0 Å². The van der Waals surface area contributed by atoms with Crippen LogP contribution in [0.4, 0.5) is 0 Å². The Balaban J connectivity index is 0. The highest BCUT2D eigenvalue weighted by Gasteiger charge is 2.05. The quantitative estimate of drug-likeness (QED) is 0.396. The summed E-state index contributed by atoms with van der Waals surface area (Å²) in [6.45, 7) is 4.36. The van der Waals surface area contributed by atoms with Crippen LogP contribution in [0.3, 0.4) is 0 Å². The Morgan fingerprint density at radius 1 is 1.27 bits per heavy atom. The van der Waals surface area contributed by atoms with Gasteiger partial charge in [0.2, 0.25) is 0 Å². The average molecular weight is 164 g/mol. The van der Waals surface area contributed by atoms with E-state index in [-0.39, 0.29) is 6.61 Å². The van der Waals surface area contributed by atoms with E-state index in [0.717, 1.165) is 12.8 Å². The van der Waals surface area contributed by atoms with Gasteiger partial charge in [0.15, 0.2) is 0 Å². The van der Waals surface area contributed by atoms with Crippen molar-refractivity contribution in [2.24, 2.45) is 0 Å². The van der Waals surface area contributed by atoms with Crippen molar-refractivity contribution in [2.75, 3.05) is 13.2 Å². The van der Waals surface area contributed by atoms with E-state index in [0.29, 0.717) is 6.61 Å². The molecule has 0 aromatic heterocycles. The molecule has 0 heterocycles. The van der Waals surface area contributed by atoms with Crippen molar-refractivity contribution in [2.45, 2.75) is 26.7 Å². The minimum atomic E-state index is -1.60. The maximum Gasteiger partial charge on any atom is 0.633 e. The first-order valence-corrected chi connectivity index (χ1v) is 3.77. The molecule has 0 spiro atoms. The fourth-order valence-electron chi connectivity index (χ4n) is 0.333. The molecule has 0 amide bonds. The molecule has 0 aromatic rings. The lowest BCUT2D eigenvalue weighted by Crippen LogP contribution is -2.17. The van der Waals surface area contributed by atoms with Gasteiger partial charge >= 0.3 is 7.32 Å². The van der Waals surface area contributed by atoms with Crippen LogP contribution in [0.25, 0.3) is 0 Å². The van der Waals surface area contributed by atoms with E-state index < -0.39 is 7.32 Å². The van der Waals surface area contributed by atoms with Crippen molar-refractivity contribution >= 4 is 7.32 Å². The normalized spacial score (nSPS) is 8.45. The van der Waals surface area contributed by atoms with E-state index in [1.54, 1.807) is 6.92 Å². The summed E-state index contributed by atoms with van der Waals surface area (Å²) < 4.78 is 4.39. The van der Waals surface area contributed by atoms with E-state index in [9.17, 15) is 0 Å². The lowest BCUT2D eigenvalue weighted by molar-refractivity contribution is 0.183. The molecule has 0 aromatic carbocycles. The molecular formula is C6H17BO4. The first kappa shape index (κ1) is 13.5. The third-order valence-electron chi connectivity index (χ3n) is 0.765. The highest BCUT2D eigenvalue weighted by atomic mass is 16.6. The third kappa shape index (κ3) is 25.7. The van der Waals surface area contributed by atoms with Crippen molar-refractivity contribution in [1.82, 2.24) is 0 Å². The fraction of sp³-hybridized carbons (Fsp3) is 1.00. The van der Waals surface area contributed by atoms with Gasteiger partial charge in [-0.2, -0.15) is 0 Å². The Labute approximate surface area is 68.0 Å². The van der Waals surface area contributed by atoms with Gasteiger partial charge in [-0.25, -0.2) is 0 Å². The Hall–Kier alpha value is -0.0951. The van der Waals surface area contributed by atoms with Crippen LogP contribution in [-0.4, -0.2) is 35.7 Å². The van der Waals surface area contributed by atoms with Gasteiger partial charge in [0.1, 0.15) is 0 Å². The molecule has 0 bridgehead atoms. The molecule has 0 atom stereocenters. The Bertz CT molecular complexity index is 60.5. The smallest absolute Gasteiger partial charge is 0.402 e. The summed E-state index contributed by atoms with van der Waals surface area (Å²) in [5.41, 5.74) is 0. The Morgan fingerprint density at radius 3 is 2.00 bits per heavy atom. The molecule has 3 N–H and O–H groups in total. The van der Waals surface area contributed by atoms with Gasteiger partial charge in [-0.15, -0.1) is 0 Å². The summed E-state index contributed by atoms with van der Waals surface area (Å²) in [5, 5.41) is 23.8. The molecule has 0 saturated heterocycles. The molecule has 11 heavy (non-hydrogen) atoms. The highest BCUT2D eigenvalue weighted by molar-refractivity contribution is 6.32. The maximum atomic E-state index is 8.11. The van der Waals surface area contributed by atoms with Crippen LogP contribution < -0.4 is 0 Å². The SMILES string of the molecule is CCCCOB(O)O.CCO. The molecule has 0 aliphatic carbocycles. The summed E-state index contributed by atoms with van der Waals surface area (Å²) in [6.07, 6.45) is 1.88. The van der Waals surface area contributed by atoms with Crippen molar-refractivity contribution in [3.63, 3.8) is 0 Å². The van der Waals surface area contributed by atoms with Gasteiger partial charge in [-0.1, -0.05) is 13.3 Å². The zero-order valence-corrected chi connectivity index (χ0v) is 7.16. The lowest BCUT2D eigenvalue weighted by Gasteiger charge is -1.97. The minimum Gasteiger partial charge on any atom is -0.402 e. The molecule has 0 aliphatic rings. The van der Waals surface area contributed by atoms with Gasteiger partial charge < -0.3 is 19.8 Å². The van der Waals surface area contributed by atoms with Crippen molar-refractivity contribution < 1.29 is 19.8 Å². The molecule has 5 heteroatoms. The summed E-state index contributed by atoms with van der Waals surface area (Å²) in [6, 6.07) is 0. The van der Waals surface area contributed by atoms with Crippen molar-refractivity contribution in [3.05, 3.63) is 0 Å². The lowest BCUT2D eigenvalue weighted by atomic mass is 10.2. The zero-order valence-electron chi connectivity index (χ0n) is 7.16. The molecule has 0 radical (unpaired) electrons. The second-order valence-electron chi connectivity index (χ2n) is 1.87. The zero-order chi connectivity index (χ0) is 9.11. The Kier molecular flexibility index (Phi) is 15.4. The second-order valence-corrected chi connectivity index (χ2v) is 1.87. The predicted octanol–water partition coefficient (Wildman–Crippen LogP) is -0.229. The molecule has 4 nitrogen and oxygen atoms in total. The topological polar surface area (TPSA) is 69.9 Å². The minimum absolute atomic E-state index is 0.250.